The van der Waals surface area contributed by atoms with E-state index in [9.17, 15) is 17.6 Å². The first-order valence-electron chi connectivity index (χ1n) is 6.02. The predicted octanol–water partition coefficient (Wildman–Crippen LogP) is 3.86. The Morgan fingerprint density at radius 3 is 2.38 bits per heavy atom. The second-order valence-electron chi connectivity index (χ2n) is 4.00. The minimum Gasteiger partial charge on any atom is -0.439 e. The molecule has 2 rings (SSSR count). The van der Waals surface area contributed by atoms with Gasteiger partial charge < -0.3 is 10.1 Å². The van der Waals surface area contributed by atoms with Gasteiger partial charge in [0.15, 0.2) is 5.69 Å². The van der Waals surface area contributed by atoms with Crippen molar-refractivity contribution in [3.05, 3.63) is 41.8 Å². The lowest BCUT2D eigenvalue weighted by Gasteiger charge is -2.11. The average Bonchev–Trinajstić information content (AvgIpc) is 2.41. The van der Waals surface area contributed by atoms with Crippen molar-refractivity contribution in [2.75, 3.05) is 11.9 Å². The van der Waals surface area contributed by atoms with Gasteiger partial charge in [-0.05, 0) is 31.2 Å². The number of ether oxygens (including phenoxy) is 1. The first-order chi connectivity index (χ1) is 9.88. The molecule has 0 amide bonds. The molecule has 0 spiro atoms. The summed E-state index contributed by atoms with van der Waals surface area (Å²) in [6.07, 6.45) is -4.62. The predicted molar refractivity (Wildman–Crippen MR) is 67.7 cm³/mol. The van der Waals surface area contributed by atoms with Gasteiger partial charge in [0.2, 0.25) is 11.8 Å². The Bertz CT molecular complexity index is 614. The molecule has 0 radical (unpaired) electrons. The molecule has 4 nitrogen and oxygen atoms in total. The Morgan fingerprint density at radius 2 is 1.81 bits per heavy atom. The van der Waals surface area contributed by atoms with Crippen LogP contribution in [0.15, 0.2) is 30.3 Å². The first-order valence-corrected chi connectivity index (χ1v) is 6.02. The number of nitrogens with one attached hydrogen (secondary N) is 1. The Morgan fingerprint density at radius 1 is 1.14 bits per heavy atom. The summed E-state index contributed by atoms with van der Waals surface area (Å²) in [6, 6.07) is 5.53. The molecule has 0 atom stereocenters. The van der Waals surface area contributed by atoms with E-state index in [1.54, 1.807) is 6.92 Å². The highest BCUT2D eigenvalue weighted by atomic mass is 19.4. The molecule has 0 saturated carbocycles. The maximum atomic E-state index is 12.8. The molecule has 0 bridgehead atoms. The third-order valence-electron chi connectivity index (χ3n) is 2.36. The number of rotatable bonds is 4. The number of nitrogens with zero attached hydrogens (tertiary/aromatic N) is 2. The molecule has 0 saturated heterocycles. The van der Waals surface area contributed by atoms with Crippen LogP contribution in [0.2, 0.25) is 0 Å². The summed E-state index contributed by atoms with van der Waals surface area (Å²) >= 11 is 0. The molecular weight excluding hydrogens is 290 g/mol. The molecule has 0 aliphatic carbocycles. The smallest absolute Gasteiger partial charge is 0.433 e. The molecule has 1 N–H and O–H groups in total. The lowest BCUT2D eigenvalue weighted by Crippen LogP contribution is -2.12. The van der Waals surface area contributed by atoms with E-state index in [1.165, 1.54) is 12.1 Å². The standard InChI is InChI=1S/C13H11F4N3O/c1-2-18-12-19-10(13(15,16)17)7-11(20-12)21-9-5-3-8(14)4-6-9/h3-7H,2H2,1H3,(H,18,19,20). The first kappa shape index (κ1) is 15.0. The number of hydrogen-bond acceptors (Lipinski definition) is 4. The van der Waals surface area contributed by atoms with Gasteiger partial charge in [0, 0.05) is 12.6 Å². The molecule has 0 aliphatic heterocycles. The topological polar surface area (TPSA) is 47.0 Å². The Labute approximate surface area is 117 Å². The van der Waals surface area contributed by atoms with E-state index in [1.807, 2.05) is 0 Å². The van der Waals surface area contributed by atoms with E-state index in [0.717, 1.165) is 12.1 Å². The number of aromatic nitrogens is 2. The third-order valence-corrected chi connectivity index (χ3v) is 2.36. The maximum Gasteiger partial charge on any atom is 0.433 e. The second kappa shape index (κ2) is 5.94. The summed E-state index contributed by atoms with van der Waals surface area (Å²) in [6.45, 7) is 2.06. The van der Waals surface area contributed by atoms with Gasteiger partial charge in [-0.3, -0.25) is 0 Å². The lowest BCUT2D eigenvalue weighted by molar-refractivity contribution is -0.141. The van der Waals surface area contributed by atoms with Crippen LogP contribution in [-0.4, -0.2) is 16.5 Å². The summed E-state index contributed by atoms with van der Waals surface area (Å²) in [4.78, 5) is 7.18. The fraction of sp³-hybridized carbons (Fsp3) is 0.231. The van der Waals surface area contributed by atoms with Gasteiger partial charge in [0.25, 0.3) is 0 Å². The summed E-state index contributed by atoms with van der Waals surface area (Å²) in [7, 11) is 0. The summed E-state index contributed by atoms with van der Waals surface area (Å²) in [5, 5.41) is 2.59. The van der Waals surface area contributed by atoms with Crippen LogP contribution in [0, 0.1) is 5.82 Å². The second-order valence-corrected chi connectivity index (χ2v) is 4.00. The van der Waals surface area contributed by atoms with Crippen LogP contribution in [-0.2, 0) is 6.18 Å². The van der Waals surface area contributed by atoms with Gasteiger partial charge >= 0.3 is 6.18 Å². The maximum absolute atomic E-state index is 12.8. The Hall–Kier alpha value is -2.38. The molecule has 2 aromatic rings. The molecule has 1 heterocycles. The van der Waals surface area contributed by atoms with Crippen LogP contribution in [0.3, 0.4) is 0 Å². The van der Waals surface area contributed by atoms with Crippen molar-refractivity contribution in [1.82, 2.24) is 9.97 Å². The van der Waals surface area contributed by atoms with Crippen molar-refractivity contribution >= 4 is 5.95 Å². The van der Waals surface area contributed by atoms with Gasteiger partial charge in [0.1, 0.15) is 11.6 Å². The zero-order valence-corrected chi connectivity index (χ0v) is 10.9. The van der Waals surface area contributed by atoms with Crippen LogP contribution >= 0.6 is 0 Å². The largest absolute Gasteiger partial charge is 0.439 e. The Kier molecular flexibility index (Phi) is 4.25. The molecule has 0 fully saturated rings. The van der Waals surface area contributed by atoms with Crippen LogP contribution in [0.5, 0.6) is 11.6 Å². The quantitative estimate of drug-likeness (QED) is 0.871. The van der Waals surface area contributed by atoms with Crippen molar-refractivity contribution < 1.29 is 22.3 Å². The van der Waals surface area contributed by atoms with Crippen molar-refractivity contribution in [3.8, 4) is 11.6 Å². The number of alkyl halides is 3. The molecular formula is C13H11F4N3O. The highest BCUT2D eigenvalue weighted by Gasteiger charge is 2.34. The summed E-state index contributed by atoms with van der Waals surface area (Å²) in [5.41, 5.74) is -1.12. The summed E-state index contributed by atoms with van der Waals surface area (Å²) < 4.78 is 56.2. The van der Waals surface area contributed by atoms with E-state index in [4.69, 9.17) is 4.74 Å². The molecule has 1 aromatic heterocycles. The van der Waals surface area contributed by atoms with Crippen molar-refractivity contribution in [2.45, 2.75) is 13.1 Å². The van der Waals surface area contributed by atoms with Crippen LogP contribution in [0.4, 0.5) is 23.5 Å². The Balaban J connectivity index is 2.33. The molecule has 1 aromatic carbocycles. The minimum absolute atomic E-state index is 0.172. The lowest BCUT2D eigenvalue weighted by atomic mass is 10.3. The van der Waals surface area contributed by atoms with E-state index in [2.05, 4.69) is 15.3 Å². The van der Waals surface area contributed by atoms with Gasteiger partial charge in [-0.1, -0.05) is 0 Å². The van der Waals surface area contributed by atoms with Crippen molar-refractivity contribution in [1.29, 1.82) is 0 Å². The molecule has 8 heteroatoms. The number of benzene rings is 1. The minimum atomic E-state index is -4.62. The normalized spacial score (nSPS) is 11.3. The highest BCUT2D eigenvalue weighted by Crippen LogP contribution is 2.31. The molecule has 0 unspecified atom stereocenters. The SMILES string of the molecule is CCNc1nc(Oc2ccc(F)cc2)cc(C(F)(F)F)n1. The third kappa shape index (κ3) is 4.04. The van der Waals surface area contributed by atoms with E-state index in [0.29, 0.717) is 12.6 Å². The highest BCUT2D eigenvalue weighted by molar-refractivity contribution is 5.34. The van der Waals surface area contributed by atoms with Gasteiger partial charge in [0.05, 0.1) is 0 Å². The van der Waals surface area contributed by atoms with Crippen LogP contribution in [0.25, 0.3) is 0 Å². The molecule has 0 aliphatic rings. The number of anilines is 1. The van der Waals surface area contributed by atoms with E-state index >= 15 is 0 Å². The molecule has 112 valence electrons. The monoisotopic (exact) mass is 301 g/mol. The van der Waals surface area contributed by atoms with E-state index in [-0.39, 0.29) is 17.6 Å². The van der Waals surface area contributed by atoms with Crippen molar-refractivity contribution in [3.63, 3.8) is 0 Å². The number of halogens is 4. The average molecular weight is 301 g/mol. The van der Waals surface area contributed by atoms with Gasteiger partial charge in [-0.25, -0.2) is 9.37 Å². The zero-order chi connectivity index (χ0) is 15.5. The van der Waals surface area contributed by atoms with Crippen molar-refractivity contribution in [2.24, 2.45) is 0 Å². The summed E-state index contributed by atoms with van der Waals surface area (Å²) in [5.74, 6) is -0.774. The fourth-order valence-electron chi connectivity index (χ4n) is 1.48. The molecule has 21 heavy (non-hydrogen) atoms. The zero-order valence-electron chi connectivity index (χ0n) is 10.9. The van der Waals surface area contributed by atoms with Gasteiger partial charge in [-0.2, -0.15) is 18.2 Å². The fourth-order valence-corrected chi connectivity index (χ4v) is 1.48. The van der Waals surface area contributed by atoms with Crippen LogP contribution < -0.4 is 10.1 Å². The van der Waals surface area contributed by atoms with E-state index < -0.39 is 17.7 Å². The van der Waals surface area contributed by atoms with Gasteiger partial charge in [-0.15, -0.1) is 0 Å². The number of hydrogen-bond donors (Lipinski definition) is 1. The van der Waals surface area contributed by atoms with Crippen LogP contribution in [0.1, 0.15) is 12.6 Å².